The lowest BCUT2D eigenvalue weighted by atomic mass is 9.94. The summed E-state index contributed by atoms with van der Waals surface area (Å²) in [5.41, 5.74) is 1.97. The molecule has 0 bridgehead atoms. The normalized spacial score (nSPS) is 21.0. The van der Waals surface area contributed by atoms with E-state index in [0.29, 0.717) is 16.7 Å². The molecule has 1 spiro atoms. The number of carbonyl (C=O) groups excluding carboxylic acids is 2. The van der Waals surface area contributed by atoms with Crippen LogP contribution in [0.25, 0.3) is 5.57 Å². The van der Waals surface area contributed by atoms with E-state index < -0.39 is 11.8 Å². The first-order chi connectivity index (χ1) is 11.2. The molecule has 1 atom stereocenters. The standard InChI is InChI=1S/C17H10O4.CH4O/c18-15-13(11-6-2-1-3-7-11)10-20-17(15)14-9-5-4-8-12(14)16(19)21-17;1-2/h1-10H;2H,1H3. The summed E-state index contributed by atoms with van der Waals surface area (Å²) < 4.78 is 10.8. The number of rotatable bonds is 1. The van der Waals surface area contributed by atoms with Gasteiger partial charge in [0.1, 0.15) is 6.26 Å². The number of esters is 1. The number of carbonyl (C=O) groups is 2. The number of ketones is 1. The highest BCUT2D eigenvalue weighted by molar-refractivity contribution is 6.27. The van der Waals surface area contributed by atoms with Gasteiger partial charge in [0.15, 0.2) is 0 Å². The Bertz CT molecular complexity index is 794. The molecule has 0 aromatic heterocycles. The van der Waals surface area contributed by atoms with E-state index in [1.165, 1.54) is 6.26 Å². The smallest absolute Gasteiger partial charge is 0.347 e. The Hall–Kier alpha value is -2.92. The summed E-state index contributed by atoms with van der Waals surface area (Å²) >= 11 is 0. The summed E-state index contributed by atoms with van der Waals surface area (Å²) in [6.07, 6.45) is 1.37. The first-order valence-electron chi connectivity index (χ1n) is 6.98. The second kappa shape index (κ2) is 5.70. The maximum Gasteiger partial charge on any atom is 0.347 e. The average Bonchev–Trinajstić information content (AvgIpc) is 3.10. The topological polar surface area (TPSA) is 72.8 Å². The molecule has 5 nitrogen and oxygen atoms in total. The Morgan fingerprint density at radius 1 is 0.913 bits per heavy atom. The maximum absolute atomic E-state index is 12.8. The van der Waals surface area contributed by atoms with Crippen molar-refractivity contribution in [1.82, 2.24) is 0 Å². The average molecular weight is 310 g/mol. The van der Waals surface area contributed by atoms with Crippen LogP contribution in [0, 0.1) is 0 Å². The lowest BCUT2D eigenvalue weighted by molar-refractivity contribution is -0.173. The van der Waals surface area contributed by atoms with Crippen molar-refractivity contribution in [3.8, 4) is 0 Å². The number of hydrogen-bond donors (Lipinski definition) is 1. The van der Waals surface area contributed by atoms with Gasteiger partial charge in [-0.3, -0.25) is 4.79 Å². The quantitative estimate of drug-likeness (QED) is 0.818. The van der Waals surface area contributed by atoms with E-state index in [0.717, 1.165) is 12.7 Å². The van der Waals surface area contributed by atoms with E-state index in [2.05, 4.69) is 0 Å². The molecular formula is C18H14O5. The third kappa shape index (κ3) is 2.13. The van der Waals surface area contributed by atoms with Crippen LogP contribution in [0.5, 0.6) is 0 Å². The monoisotopic (exact) mass is 310 g/mol. The van der Waals surface area contributed by atoms with Crippen LogP contribution in [0.2, 0.25) is 0 Å². The summed E-state index contributed by atoms with van der Waals surface area (Å²) in [4.78, 5) is 24.7. The number of ether oxygens (including phenoxy) is 2. The number of Topliss-reactive ketones (excluding diaryl/α,β-unsaturated/α-hetero) is 1. The molecule has 0 aliphatic carbocycles. The fourth-order valence-electron chi connectivity index (χ4n) is 2.69. The minimum absolute atomic E-state index is 0.355. The highest BCUT2D eigenvalue weighted by atomic mass is 16.7. The lowest BCUT2D eigenvalue weighted by Gasteiger charge is -2.20. The summed E-state index contributed by atoms with van der Waals surface area (Å²) in [7, 11) is 1.00. The molecule has 4 rings (SSSR count). The van der Waals surface area contributed by atoms with E-state index in [1.54, 1.807) is 24.3 Å². The predicted molar refractivity (Wildman–Crippen MR) is 82.2 cm³/mol. The van der Waals surface area contributed by atoms with Gasteiger partial charge in [-0.15, -0.1) is 0 Å². The van der Waals surface area contributed by atoms with Crippen molar-refractivity contribution in [1.29, 1.82) is 0 Å². The van der Waals surface area contributed by atoms with E-state index in [9.17, 15) is 9.59 Å². The first-order valence-corrected chi connectivity index (χ1v) is 6.98. The fourth-order valence-corrected chi connectivity index (χ4v) is 2.69. The van der Waals surface area contributed by atoms with Crippen LogP contribution in [-0.4, -0.2) is 24.0 Å². The van der Waals surface area contributed by atoms with E-state index >= 15 is 0 Å². The molecule has 0 amide bonds. The third-order valence-electron chi connectivity index (χ3n) is 3.71. The van der Waals surface area contributed by atoms with Gasteiger partial charge in [0, 0.05) is 7.11 Å². The van der Waals surface area contributed by atoms with Gasteiger partial charge < -0.3 is 14.6 Å². The Balaban J connectivity index is 0.000000753. The van der Waals surface area contributed by atoms with Crippen LogP contribution in [0.15, 0.2) is 60.9 Å². The van der Waals surface area contributed by atoms with Crippen molar-refractivity contribution < 1.29 is 24.2 Å². The number of aliphatic hydroxyl groups is 1. The van der Waals surface area contributed by atoms with Crippen LogP contribution >= 0.6 is 0 Å². The molecule has 2 aromatic rings. The summed E-state index contributed by atoms with van der Waals surface area (Å²) in [5.74, 6) is -2.55. The third-order valence-corrected chi connectivity index (χ3v) is 3.71. The zero-order valence-corrected chi connectivity index (χ0v) is 12.4. The number of fused-ring (bicyclic) bond motifs is 2. The molecule has 2 aromatic carbocycles. The lowest BCUT2D eigenvalue weighted by Crippen LogP contribution is -2.34. The molecule has 2 heterocycles. The highest BCUT2D eigenvalue weighted by Crippen LogP contribution is 2.45. The molecule has 1 unspecified atom stereocenters. The van der Waals surface area contributed by atoms with Crippen molar-refractivity contribution in [2.45, 2.75) is 5.79 Å². The molecule has 2 aliphatic rings. The van der Waals surface area contributed by atoms with Crippen molar-refractivity contribution >= 4 is 17.3 Å². The van der Waals surface area contributed by atoms with Gasteiger partial charge in [-0.1, -0.05) is 42.5 Å². The molecule has 0 saturated carbocycles. The zero-order valence-electron chi connectivity index (χ0n) is 12.4. The molecular weight excluding hydrogens is 296 g/mol. The van der Waals surface area contributed by atoms with Crippen LogP contribution in [-0.2, 0) is 20.1 Å². The Morgan fingerprint density at radius 2 is 1.57 bits per heavy atom. The van der Waals surface area contributed by atoms with E-state index in [-0.39, 0.29) is 5.78 Å². The van der Waals surface area contributed by atoms with E-state index in [4.69, 9.17) is 14.6 Å². The van der Waals surface area contributed by atoms with Crippen LogP contribution in [0.3, 0.4) is 0 Å². The summed E-state index contributed by atoms with van der Waals surface area (Å²) in [6.45, 7) is 0. The SMILES string of the molecule is CO.O=C1OC2(OC=C(c3ccccc3)C2=O)c2ccccc21. The van der Waals surface area contributed by atoms with Crippen molar-refractivity contribution in [2.24, 2.45) is 0 Å². The van der Waals surface area contributed by atoms with Gasteiger partial charge in [-0.25, -0.2) is 4.79 Å². The van der Waals surface area contributed by atoms with Crippen LogP contribution in [0.1, 0.15) is 21.5 Å². The van der Waals surface area contributed by atoms with Crippen LogP contribution < -0.4 is 0 Å². The van der Waals surface area contributed by atoms with Crippen molar-refractivity contribution in [2.75, 3.05) is 7.11 Å². The van der Waals surface area contributed by atoms with Gasteiger partial charge in [0.05, 0.1) is 16.7 Å². The minimum Gasteiger partial charge on any atom is -0.449 e. The second-order valence-corrected chi connectivity index (χ2v) is 4.90. The molecule has 5 heteroatoms. The molecule has 0 radical (unpaired) electrons. The Labute approximate surface area is 132 Å². The molecule has 23 heavy (non-hydrogen) atoms. The van der Waals surface area contributed by atoms with Crippen molar-refractivity contribution in [3.05, 3.63) is 77.5 Å². The molecule has 1 N–H and O–H groups in total. The van der Waals surface area contributed by atoms with Gasteiger partial charge in [0.2, 0.25) is 0 Å². The largest absolute Gasteiger partial charge is 0.449 e. The Kier molecular flexibility index (Phi) is 3.72. The number of benzene rings is 2. The summed E-state index contributed by atoms with van der Waals surface area (Å²) in [5, 5.41) is 7.00. The molecule has 0 fully saturated rings. The highest BCUT2D eigenvalue weighted by Gasteiger charge is 2.57. The predicted octanol–water partition coefficient (Wildman–Crippen LogP) is 2.26. The molecule has 116 valence electrons. The first kappa shape index (κ1) is 15.0. The number of aliphatic hydroxyl groups excluding tert-OH is 1. The number of hydrogen-bond acceptors (Lipinski definition) is 5. The Morgan fingerprint density at radius 3 is 2.30 bits per heavy atom. The minimum atomic E-state index is -1.65. The fraction of sp³-hybridized carbons (Fsp3) is 0.111. The van der Waals surface area contributed by atoms with E-state index in [1.807, 2.05) is 30.3 Å². The van der Waals surface area contributed by atoms with Gasteiger partial charge in [0.25, 0.3) is 5.78 Å². The second-order valence-electron chi connectivity index (χ2n) is 4.90. The van der Waals surface area contributed by atoms with Gasteiger partial charge in [-0.2, -0.15) is 0 Å². The molecule has 2 aliphatic heterocycles. The maximum atomic E-state index is 12.8. The zero-order chi connectivity index (χ0) is 16.4. The summed E-state index contributed by atoms with van der Waals surface area (Å²) in [6, 6.07) is 16.0. The molecule has 0 saturated heterocycles. The van der Waals surface area contributed by atoms with Crippen molar-refractivity contribution in [3.63, 3.8) is 0 Å². The van der Waals surface area contributed by atoms with Gasteiger partial charge >= 0.3 is 11.8 Å². The van der Waals surface area contributed by atoms with Gasteiger partial charge in [-0.05, 0) is 17.7 Å². The van der Waals surface area contributed by atoms with Crippen LogP contribution in [0.4, 0.5) is 0 Å².